The number of thioether (sulfide) groups is 2. The van der Waals surface area contributed by atoms with Crippen LogP contribution in [0.1, 0.15) is 36.5 Å². The van der Waals surface area contributed by atoms with Gasteiger partial charge >= 0.3 is 5.97 Å². The minimum absolute atomic E-state index is 0.0605. The number of hydrogen-bond acceptors (Lipinski definition) is 17. The largest absolute Gasteiger partial charge is 0.504 e. The van der Waals surface area contributed by atoms with E-state index in [1.54, 1.807) is 44.7 Å². The van der Waals surface area contributed by atoms with Gasteiger partial charge in [0.1, 0.15) is 29.9 Å². The van der Waals surface area contributed by atoms with Crippen molar-refractivity contribution in [2.45, 2.75) is 36.5 Å². The lowest BCUT2D eigenvalue weighted by atomic mass is 9.79. The maximum Gasteiger partial charge on any atom is 0.330 e. The molecule has 10 rings (SSSR count). The number of hydrogen-bond donors (Lipinski definition) is 4. The van der Waals surface area contributed by atoms with E-state index in [4.69, 9.17) is 33.5 Å². The highest BCUT2D eigenvalue weighted by molar-refractivity contribution is 7.99. The summed E-state index contributed by atoms with van der Waals surface area (Å²) in [5.41, 5.74) is 4.34. The van der Waals surface area contributed by atoms with E-state index in [2.05, 4.69) is 15.5 Å². The molecule has 19 heteroatoms. The molecule has 5 aromatic rings. The number of piperazine rings is 1. The third kappa shape index (κ3) is 6.63. The maximum absolute atomic E-state index is 14.0. The SMILES string of the molecule is COc1c(O)c2c3c(c(OC)c4c5c(OC)c6c(c7c8c(c9c(c(c1C(C(C)=O)C(C)=C9)c24)c75)=NCC(C(=O)OCCN1CCN(CCS(=O)(=O)O)CC1)N8)=NCSC6)SCCN3. The van der Waals surface area contributed by atoms with Crippen LogP contribution in [0.4, 0.5) is 11.4 Å². The van der Waals surface area contributed by atoms with E-state index in [1.807, 2.05) is 17.9 Å². The van der Waals surface area contributed by atoms with Crippen molar-refractivity contribution in [3.63, 3.8) is 0 Å². The number of ether oxygens (including phenoxy) is 4. The van der Waals surface area contributed by atoms with E-state index in [0.717, 1.165) is 76.1 Å². The number of carbonyl (C=O) groups is 2. The number of phenols is 1. The van der Waals surface area contributed by atoms with E-state index in [-0.39, 0.29) is 42.7 Å². The highest BCUT2D eigenvalue weighted by atomic mass is 32.2. The molecule has 0 amide bonds. The molecule has 2 unspecified atom stereocenters. The number of fused-ring (bicyclic) bond motifs is 8. The maximum atomic E-state index is 14.0. The van der Waals surface area contributed by atoms with E-state index < -0.39 is 28.0 Å². The first-order valence-corrected chi connectivity index (χ1v) is 24.7. The Labute approximate surface area is 371 Å². The van der Waals surface area contributed by atoms with Crippen molar-refractivity contribution in [2.24, 2.45) is 9.98 Å². The summed E-state index contributed by atoms with van der Waals surface area (Å²) < 4.78 is 56.6. The Balaban J connectivity index is 1.19. The third-order valence-corrected chi connectivity index (χ3v) is 15.7. The van der Waals surface area contributed by atoms with Crippen molar-refractivity contribution >= 4 is 106 Å². The Hall–Kier alpha value is -4.79. The molecule has 1 saturated heterocycles. The second kappa shape index (κ2) is 16.0. The first-order valence-electron chi connectivity index (χ1n) is 20.9. The quantitative estimate of drug-likeness (QED) is 0.0630. The number of nitrogens with zero attached hydrogens (tertiary/aromatic N) is 4. The molecule has 0 aromatic heterocycles. The summed E-state index contributed by atoms with van der Waals surface area (Å²) in [6, 6.07) is -0.814. The number of anilines is 2. The number of esters is 1. The van der Waals surface area contributed by atoms with Crippen LogP contribution in [0.3, 0.4) is 0 Å². The molecule has 0 spiro atoms. The number of nitrogens with one attached hydrogen (secondary N) is 2. The summed E-state index contributed by atoms with van der Waals surface area (Å²) >= 11 is 3.32. The lowest BCUT2D eigenvalue weighted by Crippen LogP contribution is -2.48. The monoisotopic (exact) mass is 916 g/mol. The molecule has 332 valence electrons. The minimum atomic E-state index is -4.03. The predicted octanol–water partition coefficient (Wildman–Crippen LogP) is 4.36. The van der Waals surface area contributed by atoms with Crippen LogP contribution in [-0.4, -0.2) is 143 Å². The fraction of sp³-hybridized carbons (Fsp3) is 0.455. The molecule has 0 bridgehead atoms. The van der Waals surface area contributed by atoms with Gasteiger partial charge in [0.25, 0.3) is 10.1 Å². The van der Waals surface area contributed by atoms with Crippen LogP contribution in [0.25, 0.3) is 49.2 Å². The van der Waals surface area contributed by atoms with Gasteiger partial charge in [0.2, 0.25) is 0 Å². The fourth-order valence-corrected chi connectivity index (χ4v) is 12.8. The number of allylic oxidation sites excluding steroid dienone is 1. The van der Waals surface area contributed by atoms with Crippen molar-refractivity contribution in [2.75, 3.05) is 108 Å². The van der Waals surface area contributed by atoms with Gasteiger partial charge in [-0.05, 0) is 19.2 Å². The molecular weight excluding hydrogens is 869 g/mol. The van der Waals surface area contributed by atoms with Crippen LogP contribution in [0, 0.1) is 0 Å². The topological polar surface area (TPSA) is 201 Å². The summed E-state index contributed by atoms with van der Waals surface area (Å²) in [5, 5.41) is 27.0. The zero-order chi connectivity index (χ0) is 44.1. The summed E-state index contributed by atoms with van der Waals surface area (Å²) in [6.07, 6.45) is 2.02. The van der Waals surface area contributed by atoms with Crippen molar-refractivity contribution in [3.05, 3.63) is 33.0 Å². The van der Waals surface area contributed by atoms with Crippen molar-refractivity contribution in [1.29, 1.82) is 0 Å². The smallest absolute Gasteiger partial charge is 0.330 e. The minimum Gasteiger partial charge on any atom is -0.504 e. The van der Waals surface area contributed by atoms with E-state index in [0.29, 0.717) is 84.4 Å². The number of Topliss-reactive ketones (excluding diaryl/α,β-unsaturated/α-hetero) is 1. The van der Waals surface area contributed by atoms with Crippen LogP contribution in [-0.2, 0) is 30.2 Å². The number of benzene rings is 5. The first-order chi connectivity index (χ1) is 30.4. The normalized spacial score (nSPS) is 19.9. The molecule has 4 N–H and O–H groups in total. The zero-order valence-electron chi connectivity index (χ0n) is 35.6. The molecular formula is C44H48N6O10S3. The molecule has 5 aliphatic rings. The van der Waals surface area contributed by atoms with Crippen molar-refractivity contribution in [3.8, 4) is 23.0 Å². The molecule has 0 radical (unpaired) electrons. The second-order valence-electron chi connectivity index (χ2n) is 16.5. The molecule has 0 saturated carbocycles. The summed E-state index contributed by atoms with van der Waals surface area (Å²) in [6.45, 7) is 7.80. The van der Waals surface area contributed by atoms with Gasteiger partial charge in [-0.3, -0.25) is 29.1 Å². The Morgan fingerprint density at radius 3 is 2.27 bits per heavy atom. The third-order valence-electron chi connectivity index (χ3n) is 13.1. The molecule has 4 aliphatic heterocycles. The standard InChI is InChI=1S/C44H48N6O10S3/c1-20-16-22-26-27-29-32(42(59-5)43-38(45-6-14-62-43)34(29)39(52)41(58-4)30(27)25(20)21(2)51)31-28(26)33(35-23(40(31)57-3)18-61-19-47-35)37-36(22)46-17-24(48-37)44(53)60-13-11-49-7-9-50(10-8-49)12-15-63(54,55)56/h16,24-25,45,48,52H,6-15,17-19H2,1-5H3,(H,54,55,56). The number of phenolic OH excluding ortho intramolecular Hbond substituents is 1. The van der Waals surface area contributed by atoms with Crippen LogP contribution in [0.15, 0.2) is 20.5 Å². The molecule has 63 heavy (non-hydrogen) atoms. The highest BCUT2D eigenvalue weighted by Gasteiger charge is 2.40. The molecule has 1 aliphatic carbocycles. The van der Waals surface area contributed by atoms with Crippen molar-refractivity contribution < 1.29 is 46.6 Å². The number of carbonyl (C=O) groups excluding carboxylic acids is 2. The summed E-state index contributed by atoms with van der Waals surface area (Å²) in [7, 11) is 0.818. The van der Waals surface area contributed by atoms with Gasteiger partial charge in [-0.25, -0.2) is 4.79 Å². The number of ketones is 1. The fourth-order valence-electron chi connectivity index (χ4n) is 10.4. The van der Waals surface area contributed by atoms with Crippen LogP contribution in [0.2, 0.25) is 0 Å². The highest BCUT2D eigenvalue weighted by Crippen LogP contribution is 2.61. The predicted molar refractivity (Wildman–Crippen MR) is 246 cm³/mol. The van der Waals surface area contributed by atoms with Crippen molar-refractivity contribution in [1.82, 2.24) is 9.80 Å². The summed E-state index contributed by atoms with van der Waals surface area (Å²) in [5.74, 6) is 1.68. The summed E-state index contributed by atoms with van der Waals surface area (Å²) in [4.78, 5) is 43.4. The molecule has 1 fully saturated rings. The molecule has 5 aromatic carbocycles. The van der Waals surface area contributed by atoms with Crippen LogP contribution < -0.4 is 35.6 Å². The van der Waals surface area contributed by atoms with E-state index >= 15 is 0 Å². The van der Waals surface area contributed by atoms with Gasteiger partial charge in [0.05, 0.1) is 77.8 Å². The van der Waals surface area contributed by atoms with Gasteiger partial charge in [-0.1, -0.05) is 11.6 Å². The molecule has 2 atom stereocenters. The van der Waals surface area contributed by atoms with Gasteiger partial charge in [0, 0.05) is 106 Å². The number of rotatable bonds is 11. The number of methoxy groups -OCH3 is 3. The van der Waals surface area contributed by atoms with Gasteiger partial charge < -0.3 is 34.7 Å². The van der Waals surface area contributed by atoms with E-state index in [9.17, 15) is 23.1 Å². The number of aromatic hydroxyl groups is 1. The zero-order valence-corrected chi connectivity index (χ0v) is 38.0. The lowest BCUT2D eigenvalue weighted by Gasteiger charge is -2.34. The van der Waals surface area contributed by atoms with Crippen LogP contribution in [0.5, 0.6) is 23.0 Å². The second-order valence-corrected chi connectivity index (χ2v) is 20.2. The molecule has 4 heterocycles. The Kier molecular flexibility index (Phi) is 10.7. The Bertz CT molecular complexity index is 3080. The Morgan fingerprint density at radius 1 is 0.873 bits per heavy atom. The Morgan fingerprint density at radius 2 is 1.57 bits per heavy atom. The lowest BCUT2D eigenvalue weighted by molar-refractivity contribution is -0.144. The van der Waals surface area contributed by atoms with E-state index in [1.165, 1.54) is 7.11 Å². The van der Waals surface area contributed by atoms with Gasteiger partial charge in [0.15, 0.2) is 11.5 Å². The van der Waals surface area contributed by atoms with Gasteiger partial charge in [-0.2, -0.15) is 8.42 Å². The molecule has 16 nitrogen and oxygen atoms in total. The van der Waals surface area contributed by atoms with Crippen LogP contribution >= 0.6 is 23.5 Å². The first kappa shape index (κ1) is 42.2. The average Bonchev–Trinajstić information content (AvgIpc) is 3.41. The average molecular weight is 917 g/mol. The van der Waals surface area contributed by atoms with Gasteiger partial charge in [-0.15, -0.1) is 23.5 Å².